The van der Waals surface area contributed by atoms with Crippen molar-refractivity contribution >= 4 is 58.3 Å². The van der Waals surface area contributed by atoms with E-state index in [1.165, 1.54) is 35.9 Å². The maximum absolute atomic E-state index is 12.0. The fourth-order valence-corrected chi connectivity index (χ4v) is 3.27. The van der Waals surface area contributed by atoms with Gasteiger partial charge in [-0.15, -0.1) is 10.2 Å². The van der Waals surface area contributed by atoms with E-state index in [0.29, 0.717) is 26.4 Å². The van der Waals surface area contributed by atoms with E-state index in [4.69, 9.17) is 11.6 Å². The number of rotatable bonds is 8. The van der Waals surface area contributed by atoms with Gasteiger partial charge in [0.2, 0.25) is 11.8 Å². The number of aromatic amines is 2. The summed E-state index contributed by atoms with van der Waals surface area (Å²) in [4.78, 5) is 23.9. The molecule has 2 heterocycles. The molecule has 0 aliphatic rings. The fourth-order valence-electron chi connectivity index (χ4n) is 1.88. The molecule has 13 heteroatoms. The number of anilines is 2. The summed E-state index contributed by atoms with van der Waals surface area (Å²) >= 11 is 8.69. The van der Waals surface area contributed by atoms with Crippen LogP contribution in [-0.4, -0.2) is 54.1 Å². The van der Waals surface area contributed by atoms with Crippen LogP contribution in [0, 0.1) is 0 Å². The van der Waals surface area contributed by atoms with E-state index < -0.39 is 0 Å². The maximum atomic E-state index is 12.0. The highest BCUT2D eigenvalue weighted by Crippen LogP contribution is 2.26. The lowest BCUT2D eigenvalue weighted by Crippen LogP contribution is -2.16. The van der Waals surface area contributed by atoms with Crippen molar-refractivity contribution in [2.45, 2.75) is 10.1 Å². The Kier molecular flexibility index (Phi) is 6.68. The normalized spacial score (nSPS) is 10.6. The number of thioether (sulfide) groups is 2. The van der Waals surface area contributed by atoms with Crippen LogP contribution in [0.3, 0.4) is 0 Å². The monoisotopic (exact) mass is 424 g/mol. The van der Waals surface area contributed by atoms with Gasteiger partial charge >= 0.3 is 0 Å². The van der Waals surface area contributed by atoms with Crippen LogP contribution in [0.2, 0.25) is 5.02 Å². The second-order valence-corrected chi connectivity index (χ2v) is 7.38. The first-order valence-electron chi connectivity index (χ1n) is 7.46. The third-order valence-electron chi connectivity index (χ3n) is 3.02. The van der Waals surface area contributed by atoms with Crippen molar-refractivity contribution in [3.8, 4) is 0 Å². The van der Waals surface area contributed by atoms with Gasteiger partial charge in [0, 0.05) is 5.69 Å². The first kappa shape index (κ1) is 19.2. The van der Waals surface area contributed by atoms with Gasteiger partial charge in [0.05, 0.1) is 34.6 Å². The topological polar surface area (TPSA) is 141 Å². The molecule has 0 aliphatic carbocycles. The van der Waals surface area contributed by atoms with Crippen LogP contribution >= 0.6 is 35.1 Å². The Morgan fingerprint density at radius 3 is 2.07 bits per heavy atom. The summed E-state index contributed by atoms with van der Waals surface area (Å²) in [6.45, 7) is 0. The van der Waals surface area contributed by atoms with Crippen molar-refractivity contribution in [3.63, 3.8) is 0 Å². The van der Waals surface area contributed by atoms with Crippen LogP contribution in [0.4, 0.5) is 11.4 Å². The molecule has 0 saturated heterocycles. The number of benzene rings is 1. The number of carbonyl (C=O) groups excluding carboxylic acids is 2. The Morgan fingerprint density at radius 1 is 0.963 bits per heavy atom. The Hall–Kier alpha value is -2.57. The second kappa shape index (κ2) is 9.39. The summed E-state index contributed by atoms with van der Waals surface area (Å²) in [5.74, 6) is -0.0896. The van der Waals surface area contributed by atoms with Gasteiger partial charge in [-0.1, -0.05) is 35.1 Å². The average molecular weight is 425 g/mol. The Bertz CT molecular complexity index is 904. The van der Waals surface area contributed by atoms with Crippen LogP contribution in [0.15, 0.2) is 40.6 Å². The number of hydrogen-bond acceptors (Lipinski definition) is 8. The number of aromatic nitrogens is 6. The molecule has 0 atom stereocenters. The number of carbonyl (C=O) groups is 2. The van der Waals surface area contributed by atoms with E-state index in [2.05, 4.69) is 41.5 Å². The molecule has 0 radical (unpaired) electrons. The van der Waals surface area contributed by atoms with Gasteiger partial charge in [0.25, 0.3) is 0 Å². The molecule has 3 rings (SSSR count). The van der Waals surface area contributed by atoms with Gasteiger partial charge < -0.3 is 10.6 Å². The zero-order valence-corrected chi connectivity index (χ0v) is 16.0. The summed E-state index contributed by atoms with van der Waals surface area (Å²) in [5.41, 5.74) is 0.984. The molecular formula is C14H13ClN8O2S2. The number of H-pyrrole nitrogens is 2. The zero-order valence-electron chi connectivity index (χ0n) is 13.6. The third kappa shape index (κ3) is 5.98. The molecule has 0 bridgehead atoms. The molecule has 3 aromatic rings. The molecule has 4 N–H and O–H groups in total. The second-order valence-electron chi connectivity index (χ2n) is 4.98. The fraction of sp³-hybridized carbons (Fsp3) is 0.143. The van der Waals surface area contributed by atoms with E-state index in [-0.39, 0.29) is 23.3 Å². The van der Waals surface area contributed by atoms with Gasteiger partial charge in [-0.05, 0) is 18.2 Å². The molecule has 0 fully saturated rings. The van der Waals surface area contributed by atoms with Crippen LogP contribution in [-0.2, 0) is 9.59 Å². The quantitative estimate of drug-likeness (QED) is 0.402. The Morgan fingerprint density at radius 2 is 1.56 bits per heavy atom. The van der Waals surface area contributed by atoms with Crippen molar-refractivity contribution in [1.29, 1.82) is 0 Å². The molecule has 27 heavy (non-hydrogen) atoms. The van der Waals surface area contributed by atoms with Crippen LogP contribution in [0.5, 0.6) is 0 Å². The molecule has 0 spiro atoms. The minimum atomic E-state index is -0.231. The van der Waals surface area contributed by atoms with Gasteiger partial charge in [-0.25, -0.2) is 0 Å². The van der Waals surface area contributed by atoms with Crippen molar-refractivity contribution < 1.29 is 9.59 Å². The highest BCUT2D eigenvalue weighted by molar-refractivity contribution is 8.00. The minimum Gasteiger partial charge on any atom is -0.325 e. The number of halogens is 1. The predicted molar refractivity (Wildman–Crippen MR) is 103 cm³/mol. The van der Waals surface area contributed by atoms with E-state index in [9.17, 15) is 9.59 Å². The Labute approximate surface area is 166 Å². The molecule has 1 aromatic carbocycles. The van der Waals surface area contributed by atoms with Crippen LogP contribution in [0.1, 0.15) is 0 Å². The molecule has 10 nitrogen and oxygen atoms in total. The lowest BCUT2D eigenvalue weighted by Gasteiger charge is -2.09. The summed E-state index contributed by atoms with van der Waals surface area (Å²) in [7, 11) is 0. The molecule has 140 valence electrons. The Balaban J connectivity index is 1.48. The summed E-state index contributed by atoms with van der Waals surface area (Å²) in [6.07, 6.45) is 3.07. The van der Waals surface area contributed by atoms with Crippen molar-refractivity contribution in [2.75, 3.05) is 22.1 Å². The minimum absolute atomic E-state index is 0.167. The maximum Gasteiger partial charge on any atom is 0.234 e. The number of nitrogens with zero attached hydrogens (tertiary/aromatic N) is 4. The van der Waals surface area contributed by atoms with E-state index in [1.807, 2.05) is 0 Å². The lowest BCUT2D eigenvalue weighted by molar-refractivity contribution is -0.114. The smallest absolute Gasteiger partial charge is 0.234 e. The van der Waals surface area contributed by atoms with Crippen LogP contribution < -0.4 is 10.6 Å². The first-order chi connectivity index (χ1) is 13.1. The van der Waals surface area contributed by atoms with E-state index >= 15 is 0 Å². The van der Waals surface area contributed by atoms with Crippen molar-refractivity contribution in [3.05, 3.63) is 35.6 Å². The van der Waals surface area contributed by atoms with E-state index in [0.717, 1.165) is 0 Å². The lowest BCUT2D eigenvalue weighted by atomic mass is 10.2. The molecular weight excluding hydrogens is 412 g/mol. The molecule has 2 aromatic heterocycles. The van der Waals surface area contributed by atoms with Gasteiger partial charge in [-0.2, -0.15) is 20.6 Å². The third-order valence-corrected chi connectivity index (χ3v) is 5.13. The number of hydrogen-bond donors (Lipinski definition) is 4. The standard InChI is InChI=1S/C14H13ClN8O2S2/c15-9-3-8(18-11(24)6-26-13-4-16-22-20-13)1-2-10(9)19-12(25)7-27-14-5-17-23-21-14/h1-5H,6-7H2,(H,18,24)(H,19,25)(H,16,20,22)(H,17,21,23). The molecule has 0 saturated carbocycles. The summed E-state index contributed by atoms with van der Waals surface area (Å²) < 4.78 is 0. The van der Waals surface area contributed by atoms with Gasteiger partial charge in [0.15, 0.2) is 0 Å². The largest absolute Gasteiger partial charge is 0.325 e. The van der Waals surface area contributed by atoms with Crippen molar-refractivity contribution in [2.24, 2.45) is 0 Å². The predicted octanol–water partition coefficient (Wildman–Crippen LogP) is 2.04. The SMILES string of the molecule is O=C(CSc1cn[nH]n1)Nc1ccc(NC(=O)CSc2cn[nH]n2)c(Cl)c1. The first-order valence-corrected chi connectivity index (χ1v) is 9.81. The number of amides is 2. The summed E-state index contributed by atoms with van der Waals surface area (Å²) in [5, 5.41) is 27.0. The van der Waals surface area contributed by atoms with Gasteiger partial charge in [0.1, 0.15) is 10.1 Å². The van der Waals surface area contributed by atoms with Crippen molar-refractivity contribution in [1.82, 2.24) is 30.8 Å². The summed E-state index contributed by atoms with van der Waals surface area (Å²) in [6, 6.07) is 4.85. The average Bonchev–Trinajstić information content (AvgIpc) is 3.34. The molecule has 0 aliphatic heterocycles. The van der Waals surface area contributed by atoms with Gasteiger partial charge in [-0.3, -0.25) is 9.59 Å². The molecule has 0 unspecified atom stereocenters. The van der Waals surface area contributed by atoms with E-state index in [1.54, 1.807) is 18.2 Å². The zero-order chi connectivity index (χ0) is 19.1. The van der Waals surface area contributed by atoms with Crippen LogP contribution in [0.25, 0.3) is 0 Å². The highest BCUT2D eigenvalue weighted by atomic mass is 35.5. The number of nitrogens with one attached hydrogen (secondary N) is 4. The molecule has 2 amide bonds. The highest BCUT2D eigenvalue weighted by Gasteiger charge is 2.10.